The number of aryl methyl sites for hydroxylation is 1. The molecular formula is C37H44ClN3O7S. The van der Waals surface area contributed by atoms with Gasteiger partial charge in [-0.25, -0.2) is 23.2 Å². The van der Waals surface area contributed by atoms with Gasteiger partial charge in [0.05, 0.1) is 49.0 Å². The van der Waals surface area contributed by atoms with Gasteiger partial charge in [-0.3, -0.25) is 0 Å². The number of rotatable bonds is 9. The zero-order valence-electron chi connectivity index (χ0n) is 28.1. The van der Waals surface area contributed by atoms with Crippen LogP contribution in [0.1, 0.15) is 66.9 Å². The van der Waals surface area contributed by atoms with Crippen LogP contribution in [0.2, 0.25) is 5.02 Å². The fraction of sp³-hybridized carbons (Fsp3) is 0.541. The van der Waals surface area contributed by atoms with E-state index in [0.29, 0.717) is 30.6 Å². The number of aromatic nitrogens is 2. The first kappa shape index (κ1) is 34.2. The van der Waals surface area contributed by atoms with Crippen LogP contribution >= 0.6 is 11.6 Å². The van der Waals surface area contributed by atoms with E-state index in [2.05, 4.69) is 27.0 Å². The molecule has 0 unspecified atom stereocenters. The zero-order valence-corrected chi connectivity index (χ0v) is 29.6. The summed E-state index contributed by atoms with van der Waals surface area (Å²) in [6.07, 6.45) is 9.44. The maximum atomic E-state index is 13.0. The molecule has 6 atom stereocenters. The lowest BCUT2D eigenvalue weighted by Crippen LogP contribution is -2.51. The Labute approximate surface area is 293 Å². The first-order valence-electron chi connectivity index (χ1n) is 17.3. The molecule has 49 heavy (non-hydrogen) atoms. The summed E-state index contributed by atoms with van der Waals surface area (Å²) in [6, 6.07) is 13.4. The molecule has 3 heterocycles. The molecule has 1 saturated heterocycles. The van der Waals surface area contributed by atoms with Crippen LogP contribution in [0, 0.1) is 11.8 Å². The van der Waals surface area contributed by atoms with Crippen molar-refractivity contribution in [2.75, 3.05) is 44.9 Å². The minimum absolute atomic E-state index is 0.0254. The number of fused-ring (bicyclic) bond motifs is 3. The summed E-state index contributed by atoms with van der Waals surface area (Å²) in [7, 11) is -2.29. The second-order valence-corrected chi connectivity index (χ2v) is 16.8. The molecule has 2 aliphatic carbocycles. The largest absolute Gasteiger partial charge is 0.490 e. The van der Waals surface area contributed by atoms with Crippen molar-refractivity contribution in [3.63, 3.8) is 0 Å². The fourth-order valence-corrected chi connectivity index (χ4v) is 9.40. The summed E-state index contributed by atoms with van der Waals surface area (Å²) in [5, 5.41) is -0.183. The van der Waals surface area contributed by atoms with Crippen molar-refractivity contribution in [2.45, 2.75) is 79.9 Å². The summed E-state index contributed by atoms with van der Waals surface area (Å²) < 4.78 is 50.2. The van der Waals surface area contributed by atoms with Crippen LogP contribution in [0.5, 0.6) is 5.75 Å². The van der Waals surface area contributed by atoms with Gasteiger partial charge in [-0.15, -0.1) is 0 Å². The van der Waals surface area contributed by atoms with Crippen molar-refractivity contribution in [1.29, 1.82) is 0 Å². The lowest BCUT2D eigenvalue weighted by atomic mass is 9.67. The van der Waals surface area contributed by atoms with E-state index in [4.69, 9.17) is 30.5 Å². The van der Waals surface area contributed by atoms with Crippen molar-refractivity contribution in [3.8, 4) is 5.75 Å². The smallest absolute Gasteiger partial charge is 0.337 e. The number of halogens is 1. The summed E-state index contributed by atoms with van der Waals surface area (Å²) in [6.45, 7) is 4.41. The van der Waals surface area contributed by atoms with Crippen LogP contribution in [0.4, 0.5) is 5.69 Å². The second kappa shape index (κ2) is 14.2. The molecule has 0 amide bonds. The molecule has 4 aliphatic rings. The Hall–Kier alpha value is -3.25. The quantitative estimate of drug-likeness (QED) is 0.198. The van der Waals surface area contributed by atoms with Gasteiger partial charge in [0.15, 0.2) is 0 Å². The van der Waals surface area contributed by atoms with Crippen LogP contribution in [0.15, 0.2) is 60.0 Å². The van der Waals surface area contributed by atoms with E-state index in [9.17, 15) is 13.2 Å². The summed E-state index contributed by atoms with van der Waals surface area (Å²) in [4.78, 5) is 22.9. The van der Waals surface area contributed by atoms with Crippen molar-refractivity contribution < 1.29 is 32.2 Å². The summed E-state index contributed by atoms with van der Waals surface area (Å²) in [5.41, 5.74) is 3.77. The number of hydrogen-bond acceptors (Lipinski definition) is 10. The number of esters is 1. The van der Waals surface area contributed by atoms with Gasteiger partial charge >= 0.3 is 5.97 Å². The van der Waals surface area contributed by atoms with E-state index in [1.54, 1.807) is 19.1 Å². The topological polar surface area (TPSA) is 117 Å². The van der Waals surface area contributed by atoms with Crippen LogP contribution < -0.4 is 9.64 Å². The predicted octanol–water partition coefficient (Wildman–Crippen LogP) is 5.84. The lowest BCUT2D eigenvalue weighted by Gasteiger charge is -2.47. The Morgan fingerprint density at radius 2 is 1.98 bits per heavy atom. The predicted molar refractivity (Wildman–Crippen MR) is 185 cm³/mol. The minimum Gasteiger partial charge on any atom is -0.490 e. The van der Waals surface area contributed by atoms with Crippen LogP contribution in [0.3, 0.4) is 0 Å². The average Bonchev–Trinajstić information content (AvgIpc) is 3.25. The Kier molecular flexibility index (Phi) is 9.89. The number of carbonyl (C=O) groups excluding carboxylic acids is 1. The molecule has 10 nitrogen and oxygen atoms in total. The molecule has 2 aliphatic heterocycles. The summed E-state index contributed by atoms with van der Waals surface area (Å²) in [5.74, 6) is 1.11. The molecule has 12 heteroatoms. The van der Waals surface area contributed by atoms with Gasteiger partial charge in [-0.05, 0) is 105 Å². The fourth-order valence-electron chi connectivity index (χ4n) is 8.17. The summed E-state index contributed by atoms with van der Waals surface area (Å²) >= 11 is 6.44. The Balaban J connectivity index is 1.08. The van der Waals surface area contributed by atoms with Crippen molar-refractivity contribution in [3.05, 3.63) is 76.6 Å². The average molecular weight is 710 g/mol. The van der Waals surface area contributed by atoms with Gasteiger partial charge in [-0.1, -0.05) is 17.7 Å². The third kappa shape index (κ3) is 6.92. The van der Waals surface area contributed by atoms with Crippen LogP contribution in [-0.4, -0.2) is 81.8 Å². The van der Waals surface area contributed by atoms with E-state index in [0.717, 1.165) is 74.5 Å². The molecule has 262 valence electrons. The normalized spacial score (nSPS) is 27.2. The first-order chi connectivity index (χ1) is 23.7. The van der Waals surface area contributed by atoms with Gasteiger partial charge in [0.25, 0.3) is 0 Å². The molecule has 2 fully saturated rings. The molecule has 0 radical (unpaired) electrons. The molecule has 0 bridgehead atoms. The molecule has 3 aromatic rings. The highest BCUT2D eigenvalue weighted by atomic mass is 35.5. The Bertz CT molecular complexity index is 1780. The monoisotopic (exact) mass is 709 g/mol. The van der Waals surface area contributed by atoms with Crippen LogP contribution in [0.25, 0.3) is 0 Å². The molecule has 1 spiro atoms. The highest BCUT2D eigenvalue weighted by molar-refractivity contribution is 7.91. The van der Waals surface area contributed by atoms with Gasteiger partial charge in [0.2, 0.25) is 15.0 Å². The molecule has 2 aromatic carbocycles. The van der Waals surface area contributed by atoms with Crippen molar-refractivity contribution in [2.24, 2.45) is 11.8 Å². The van der Waals surface area contributed by atoms with Crippen molar-refractivity contribution >= 4 is 33.1 Å². The lowest BCUT2D eigenvalue weighted by molar-refractivity contribution is -0.116. The highest BCUT2D eigenvalue weighted by Gasteiger charge is 2.45. The highest BCUT2D eigenvalue weighted by Crippen LogP contribution is 2.47. The second-order valence-electron chi connectivity index (χ2n) is 14.1. The Morgan fingerprint density at radius 3 is 2.76 bits per heavy atom. The van der Waals surface area contributed by atoms with E-state index < -0.39 is 15.1 Å². The van der Waals surface area contributed by atoms with E-state index in [1.165, 1.54) is 30.6 Å². The number of anilines is 1. The van der Waals surface area contributed by atoms with Gasteiger partial charge in [0.1, 0.15) is 5.75 Å². The molecule has 1 aromatic heterocycles. The number of nitrogens with zero attached hydrogens (tertiary/aromatic N) is 3. The molecule has 1 saturated carbocycles. The van der Waals surface area contributed by atoms with Crippen LogP contribution in [-0.2, 0) is 35.9 Å². The maximum Gasteiger partial charge on any atom is 0.337 e. The van der Waals surface area contributed by atoms with Gasteiger partial charge < -0.3 is 23.8 Å². The third-order valence-electron chi connectivity index (χ3n) is 11.0. The van der Waals surface area contributed by atoms with E-state index >= 15 is 0 Å². The first-order valence-corrected chi connectivity index (χ1v) is 19.2. The van der Waals surface area contributed by atoms with E-state index in [1.807, 2.05) is 18.2 Å². The number of ether oxygens (including phenoxy) is 4. The standard InChI is InChI=1S/C37H44ClN3O7S/c1-24(49(43,44)36-39-14-4-15-40-36)21-47-29-12-16-46-34(19-29)30-9-6-27(30)20-41-22-37(13-3-5-25-17-28(38)8-10-31(25)37)23-48-33-11-7-26(18-32(33)41)35(42)45-2/h4,7-8,10-11,14-15,17-18,24,27,29-30,34H,3,5-6,9,12-13,16,19-23H2,1-2H3/t24-,27+,29+,30-,34+,37+/m1/s1. The molecule has 7 rings (SSSR count). The number of carbonyl (C=O) groups is 1. The molecule has 0 N–H and O–H groups in total. The Morgan fingerprint density at radius 1 is 1.14 bits per heavy atom. The number of hydrogen-bond donors (Lipinski definition) is 0. The minimum atomic E-state index is -3.69. The van der Waals surface area contributed by atoms with E-state index in [-0.39, 0.29) is 35.4 Å². The molecular weight excluding hydrogens is 666 g/mol. The number of benzene rings is 2. The van der Waals surface area contributed by atoms with Gasteiger partial charge in [-0.2, -0.15) is 0 Å². The third-order valence-corrected chi connectivity index (χ3v) is 13.2. The maximum absolute atomic E-state index is 13.0. The number of sulfone groups is 1. The SMILES string of the molecule is COC(=O)c1ccc2c(c1)N(C[C@@H]1CC[C@H]1[C@@H]1C[C@@H](OC[C@@H](C)S(=O)(=O)c3ncccn3)CCO1)C[C@@]1(CCCc3cc(Cl)ccc31)CO2. The number of methoxy groups -OCH3 is 1. The van der Waals surface area contributed by atoms with Crippen molar-refractivity contribution in [1.82, 2.24) is 9.97 Å². The zero-order chi connectivity index (χ0) is 34.2. The van der Waals surface area contributed by atoms with Gasteiger partial charge in [0, 0.05) is 48.9 Å².